The fourth-order valence-corrected chi connectivity index (χ4v) is 2.65. The van der Waals surface area contributed by atoms with Gasteiger partial charge in [-0.25, -0.2) is 23.1 Å². The zero-order chi connectivity index (χ0) is 21.7. The third-order valence-corrected chi connectivity index (χ3v) is 4.16. The molecule has 3 aromatic rings. The Kier molecular flexibility index (Phi) is 6.51. The summed E-state index contributed by atoms with van der Waals surface area (Å²) in [5.41, 5.74) is 0.567. The van der Waals surface area contributed by atoms with Crippen LogP contribution in [0.25, 0.3) is 6.08 Å². The number of benzene rings is 1. The minimum Gasteiger partial charge on any atom is -0.478 e. The highest BCUT2D eigenvalue weighted by Crippen LogP contribution is 2.19. The van der Waals surface area contributed by atoms with E-state index in [4.69, 9.17) is 4.74 Å². The van der Waals surface area contributed by atoms with Crippen LogP contribution in [0.1, 0.15) is 23.6 Å². The lowest BCUT2D eigenvalue weighted by molar-refractivity contribution is -0.114. The number of nitrogens with zero attached hydrogens (tertiary/aromatic N) is 3. The fourth-order valence-electron chi connectivity index (χ4n) is 2.65. The molecule has 0 saturated heterocycles. The van der Waals surface area contributed by atoms with Crippen LogP contribution in [0, 0.1) is 18.6 Å². The number of imidazole rings is 1. The van der Waals surface area contributed by atoms with Crippen molar-refractivity contribution in [3.63, 3.8) is 0 Å². The Morgan fingerprint density at radius 1 is 1.23 bits per heavy atom. The van der Waals surface area contributed by atoms with Gasteiger partial charge in [-0.05, 0) is 43.2 Å². The highest BCUT2D eigenvalue weighted by atomic mass is 19.1. The van der Waals surface area contributed by atoms with Gasteiger partial charge in [0.25, 0.3) is 5.91 Å². The Balaban J connectivity index is 1.66. The van der Waals surface area contributed by atoms with E-state index >= 15 is 0 Å². The number of carbonyl (C=O) groups is 1. The number of amides is 1. The van der Waals surface area contributed by atoms with Crippen molar-refractivity contribution in [2.45, 2.75) is 20.4 Å². The highest BCUT2D eigenvalue weighted by Gasteiger charge is 2.14. The average molecular weight is 416 g/mol. The molecule has 1 N–H and O–H groups in total. The number of hydrogen-bond acceptors (Lipinski definition) is 4. The molecular weight excluding hydrogens is 397 g/mol. The third kappa shape index (κ3) is 5.05. The summed E-state index contributed by atoms with van der Waals surface area (Å²) in [5.74, 6) is -2.95. The van der Waals surface area contributed by atoms with Crippen LogP contribution in [0.3, 0.4) is 0 Å². The SMILES string of the molecule is CCOc1ccc(/C=C(\F)C(=O)Nc2cn(Cc3c(F)ccc(C)c3F)cn2)cn1. The van der Waals surface area contributed by atoms with Gasteiger partial charge in [0.1, 0.15) is 11.6 Å². The highest BCUT2D eigenvalue weighted by molar-refractivity contribution is 6.04. The number of carbonyl (C=O) groups excluding carboxylic acids is 1. The van der Waals surface area contributed by atoms with Gasteiger partial charge in [-0.1, -0.05) is 6.07 Å². The van der Waals surface area contributed by atoms with Gasteiger partial charge in [0.2, 0.25) is 5.88 Å². The molecule has 0 fully saturated rings. The summed E-state index contributed by atoms with van der Waals surface area (Å²) in [6.07, 6.45) is 5.03. The number of aryl methyl sites for hydroxylation is 1. The van der Waals surface area contributed by atoms with Gasteiger partial charge in [0.05, 0.1) is 19.5 Å². The van der Waals surface area contributed by atoms with Gasteiger partial charge in [0.15, 0.2) is 11.6 Å². The molecule has 0 atom stereocenters. The van der Waals surface area contributed by atoms with Crippen LogP contribution in [0.2, 0.25) is 0 Å². The molecule has 30 heavy (non-hydrogen) atoms. The minimum atomic E-state index is -1.05. The van der Waals surface area contributed by atoms with Crippen molar-refractivity contribution in [2.24, 2.45) is 0 Å². The number of halogens is 3. The molecule has 156 valence electrons. The van der Waals surface area contributed by atoms with Gasteiger partial charge < -0.3 is 14.6 Å². The molecule has 0 aliphatic rings. The lowest BCUT2D eigenvalue weighted by Crippen LogP contribution is -2.12. The third-order valence-electron chi connectivity index (χ3n) is 4.16. The van der Waals surface area contributed by atoms with Crippen LogP contribution in [-0.2, 0) is 11.3 Å². The van der Waals surface area contributed by atoms with E-state index in [2.05, 4.69) is 15.3 Å². The largest absolute Gasteiger partial charge is 0.478 e. The maximum atomic E-state index is 14.2. The van der Waals surface area contributed by atoms with Crippen molar-refractivity contribution in [1.29, 1.82) is 0 Å². The molecule has 1 amide bonds. The van der Waals surface area contributed by atoms with E-state index in [-0.39, 0.29) is 17.9 Å². The van der Waals surface area contributed by atoms with Crippen molar-refractivity contribution in [3.8, 4) is 5.88 Å². The first-order valence-corrected chi connectivity index (χ1v) is 9.10. The molecule has 0 spiro atoms. The summed E-state index contributed by atoms with van der Waals surface area (Å²) < 4.78 is 48.8. The van der Waals surface area contributed by atoms with Crippen LogP contribution in [0.15, 0.2) is 48.8 Å². The molecule has 0 saturated carbocycles. The lowest BCUT2D eigenvalue weighted by Gasteiger charge is -2.07. The standard InChI is InChI=1S/C21H19F3N4O2/c1-3-30-19-7-5-14(9-25-19)8-17(23)21(29)27-18-11-28(12-26-18)10-15-16(22)6-4-13(2)20(15)24/h4-9,11-12H,3,10H2,1-2H3,(H,27,29)/b17-8-. The summed E-state index contributed by atoms with van der Waals surface area (Å²) in [6, 6.07) is 5.66. The van der Waals surface area contributed by atoms with E-state index in [1.807, 2.05) is 6.92 Å². The fraction of sp³-hybridized carbons (Fsp3) is 0.190. The predicted octanol–water partition coefficient (Wildman–Crippen LogP) is 4.26. The summed E-state index contributed by atoms with van der Waals surface area (Å²) in [7, 11) is 0. The van der Waals surface area contributed by atoms with E-state index < -0.39 is 23.4 Å². The Bertz CT molecular complexity index is 1080. The van der Waals surface area contributed by atoms with Crippen LogP contribution in [0.4, 0.5) is 19.0 Å². The number of aromatic nitrogens is 3. The number of ether oxygens (including phenoxy) is 1. The van der Waals surface area contributed by atoms with E-state index in [9.17, 15) is 18.0 Å². The van der Waals surface area contributed by atoms with E-state index in [0.717, 1.165) is 6.08 Å². The van der Waals surface area contributed by atoms with Crippen LogP contribution in [0.5, 0.6) is 5.88 Å². The van der Waals surface area contributed by atoms with Crippen LogP contribution >= 0.6 is 0 Å². The molecule has 9 heteroatoms. The molecule has 0 bridgehead atoms. The summed E-state index contributed by atoms with van der Waals surface area (Å²) in [6.45, 7) is 3.68. The zero-order valence-corrected chi connectivity index (χ0v) is 16.3. The molecule has 1 aromatic carbocycles. The van der Waals surface area contributed by atoms with Crippen LogP contribution < -0.4 is 10.1 Å². The van der Waals surface area contributed by atoms with Gasteiger partial charge in [-0.2, -0.15) is 0 Å². The second-order valence-electron chi connectivity index (χ2n) is 6.40. The van der Waals surface area contributed by atoms with Crippen LogP contribution in [-0.4, -0.2) is 27.0 Å². The topological polar surface area (TPSA) is 69.0 Å². The van der Waals surface area contributed by atoms with Crippen molar-refractivity contribution in [2.75, 3.05) is 11.9 Å². The van der Waals surface area contributed by atoms with E-state index in [1.54, 1.807) is 12.1 Å². The molecule has 0 aliphatic heterocycles. The molecule has 2 aromatic heterocycles. The Labute approximate surface area is 171 Å². The van der Waals surface area contributed by atoms with Gasteiger partial charge >= 0.3 is 0 Å². The van der Waals surface area contributed by atoms with Gasteiger partial charge in [-0.3, -0.25) is 4.79 Å². The molecule has 3 rings (SSSR count). The molecule has 2 heterocycles. The lowest BCUT2D eigenvalue weighted by atomic mass is 10.1. The summed E-state index contributed by atoms with van der Waals surface area (Å²) in [5, 5.41) is 2.29. The van der Waals surface area contributed by atoms with E-state index in [1.165, 1.54) is 42.3 Å². The Morgan fingerprint density at radius 2 is 2.03 bits per heavy atom. The van der Waals surface area contributed by atoms with E-state index in [0.29, 0.717) is 23.6 Å². The van der Waals surface area contributed by atoms with Crippen molar-refractivity contribution >= 4 is 17.8 Å². The number of hydrogen-bond donors (Lipinski definition) is 1. The van der Waals surface area contributed by atoms with Gasteiger partial charge in [-0.15, -0.1) is 0 Å². The number of pyridine rings is 1. The molecular formula is C21H19F3N4O2. The molecule has 0 radical (unpaired) electrons. The minimum absolute atomic E-state index is 0.0434. The number of rotatable bonds is 7. The summed E-state index contributed by atoms with van der Waals surface area (Å²) in [4.78, 5) is 19.9. The monoisotopic (exact) mass is 416 g/mol. The second kappa shape index (κ2) is 9.25. The maximum Gasteiger partial charge on any atom is 0.285 e. The maximum absolute atomic E-state index is 14.2. The second-order valence-corrected chi connectivity index (χ2v) is 6.40. The van der Waals surface area contributed by atoms with Crippen molar-refractivity contribution in [1.82, 2.24) is 14.5 Å². The van der Waals surface area contributed by atoms with Crippen molar-refractivity contribution < 1.29 is 22.7 Å². The normalized spacial score (nSPS) is 11.4. The average Bonchev–Trinajstić information content (AvgIpc) is 3.17. The molecule has 6 nitrogen and oxygen atoms in total. The first-order valence-electron chi connectivity index (χ1n) is 9.10. The Hall–Kier alpha value is -3.62. The Morgan fingerprint density at radius 3 is 2.73 bits per heavy atom. The predicted molar refractivity (Wildman–Crippen MR) is 106 cm³/mol. The van der Waals surface area contributed by atoms with Gasteiger partial charge in [0, 0.05) is 24.0 Å². The number of nitrogens with one attached hydrogen (secondary N) is 1. The first-order chi connectivity index (χ1) is 14.4. The first kappa shape index (κ1) is 21.1. The smallest absolute Gasteiger partial charge is 0.285 e. The molecule has 0 unspecified atom stereocenters. The summed E-state index contributed by atoms with van der Waals surface area (Å²) >= 11 is 0. The zero-order valence-electron chi connectivity index (χ0n) is 16.3. The van der Waals surface area contributed by atoms with Crippen molar-refractivity contribution in [3.05, 3.63) is 77.1 Å². The molecule has 0 aliphatic carbocycles. The number of anilines is 1. The quantitative estimate of drug-likeness (QED) is 0.585.